The van der Waals surface area contributed by atoms with Crippen molar-refractivity contribution in [1.29, 1.82) is 0 Å². The molecule has 0 aliphatic heterocycles. The molecule has 0 bridgehead atoms. The highest BCUT2D eigenvalue weighted by Crippen LogP contribution is 2.26. The topological polar surface area (TPSA) is 17.1 Å². The minimum atomic E-state index is 0.221. The van der Waals surface area contributed by atoms with Crippen LogP contribution in [-0.4, -0.2) is 5.78 Å². The number of rotatable bonds is 10. The summed E-state index contributed by atoms with van der Waals surface area (Å²) in [7, 11) is 0. The Hall–Kier alpha value is -2.67. The van der Waals surface area contributed by atoms with E-state index in [1.807, 2.05) is 30.3 Å². The van der Waals surface area contributed by atoms with Gasteiger partial charge in [-0.3, -0.25) is 4.79 Å². The van der Waals surface area contributed by atoms with Crippen LogP contribution in [0, 0.1) is 0 Å². The number of carbonyl (C=O) groups excluding carboxylic acids is 1. The molecule has 0 aromatic heterocycles. The fourth-order valence-electron chi connectivity index (χ4n) is 3.86. The van der Waals surface area contributed by atoms with Crippen molar-refractivity contribution in [1.82, 2.24) is 0 Å². The first-order valence-electron chi connectivity index (χ1n) is 11.0. The molecule has 0 saturated carbocycles. The average Bonchev–Trinajstić information content (AvgIpc) is 2.78. The Balaban J connectivity index is 1.64. The molecule has 0 fully saturated rings. The molecule has 0 aliphatic rings. The van der Waals surface area contributed by atoms with Gasteiger partial charge in [-0.15, -0.1) is 0 Å². The molecular weight excluding hydrogens is 352 g/mol. The molecule has 150 valence electrons. The third-order valence-electron chi connectivity index (χ3n) is 5.76. The summed E-state index contributed by atoms with van der Waals surface area (Å²) >= 11 is 0. The van der Waals surface area contributed by atoms with Gasteiger partial charge in [-0.1, -0.05) is 106 Å². The van der Waals surface area contributed by atoms with E-state index in [4.69, 9.17) is 0 Å². The summed E-state index contributed by atoms with van der Waals surface area (Å²) in [5, 5.41) is 0. The summed E-state index contributed by atoms with van der Waals surface area (Å²) in [6.45, 7) is 4.39. The van der Waals surface area contributed by atoms with E-state index in [1.54, 1.807) is 0 Å². The van der Waals surface area contributed by atoms with E-state index >= 15 is 0 Å². The van der Waals surface area contributed by atoms with Crippen LogP contribution in [0.25, 0.3) is 11.1 Å². The first kappa shape index (κ1) is 21.0. The number of unbranched alkanes of at least 4 members (excludes halogenated alkanes) is 2. The van der Waals surface area contributed by atoms with E-state index in [1.165, 1.54) is 36.0 Å². The lowest BCUT2D eigenvalue weighted by atomic mass is 9.89. The Bertz CT molecular complexity index is 876. The fraction of sp³-hybridized carbons (Fsp3) is 0.321. The van der Waals surface area contributed by atoms with Gasteiger partial charge in [-0.2, -0.15) is 0 Å². The second-order valence-electron chi connectivity index (χ2n) is 7.87. The SMILES string of the molecule is CCCCCc1ccc(-c2ccc(C(=O)CC(CC)c3ccccc3)cc2)cc1. The molecule has 1 atom stereocenters. The number of ketones is 1. The molecule has 3 aromatic carbocycles. The number of carbonyl (C=O) groups is 1. The third-order valence-corrected chi connectivity index (χ3v) is 5.76. The van der Waals surface area contributed by atoms with Gasteiger partial charge in [0.1, 0.15) is 0 Å². The van der Waals surface area contributed by atoms with Gasteiger partial charge in [-0.25, -0.2) is 0 Å². The smallest absolute Gasteiger partial charge is 0.163 e. The van der Waals surface area contributed by atoms with Crippen LogP contribution in [0.5, 0.6) is 0 Å². The normalized spacial score (nSPS) is 11.9. The molecule has 1 heteroatoms. The summed E-state index contributed by atoms with van der Waals surface area (Å²) in [6.07, 6.45) is 6.49. The average molecular weight is 385 g/mol. The maximum atomic E-state index is 12.8. The molecule has 0 heterocycles. The second-order valence-corrected chi connectivity index (χ2v) is 7.87. The van der Waals surface area contributed by atoms with Crippen molar-refractivity contribution in [3.05, 3.63) is 95.6 Å². The number of hydrogen-bond donors (Lipinski definition) is 0. The summed E-state index contributed by atoms with van der Waals surface area (Å²) in [6, 6.07) is 27.3. The van der Waals surface area contributed by atoms with Crippen molar-refractivity contribution in [3.63, 3.8) is 0 Å². The molecular formula is C28H32O. The molecule has 1 nitrogen and oxygen atoms in total. The first-order valence-corrected chi connectivity index (χ1v) is 11.0. The molecule has 0 radical (unpaired) electrons. The summed E-state index contributed by atoms with van der Waals surface area (Å²) in [5.74, 6) is 0.502. The van der Waals surface area contributed by atoms with Gasteiger partial charge in [0.25, 0.3) is 0 Å². The van der Waals surface area contributed by atoms with E-state index in [2.05, 4.69) is 62.4 Å². The summed E-state index contributed by atoms with van der Waals surface area (Å²) in [4.78, 5) is 12.8. The Morgan fingerprint density at radius 2 is 1.38 bits per heavy atom. The lowest BCUT2D eigenvalue weighted by Crippen LogP contribution is -2.07. The molecule has 3 rings (SSSR count). The van der Waals surface area contributed by atoms with Crippen LogP contribution in [0.4, 0.5) is 0 Å². The zero-order valence-corrected chi connectivity index (χ0v) is 17.7. The van der Waals surface area contributed by atoms with Crippen molar-refractivity contribution >= 4 is 5.78 Å². The van der Waals surface area contributed by atoms with E-state index in [-0.39, 0.29) is 11.7 Å². The van der Waals surface area contributed by atoms with Crippen molar-refractivity contribution in [3.8, 4) is 11.1 Å². The number of aryl methyl sites for hydroxylation is 1. The van der Waals surface area contributed by atoms with Crippen molar-refractivity contribution in [2.24, 2.45) is 0 Å². The Labute approximate surface area is 175 Å². The zero-order chi connectivity index (χ0) is 20.5. The molecule has 0 N–H and O–H groups in total. The van der Waals surface area contributed by atoms with E-state index in [0.29, 0.717) is 6.42 Å². The van der Waals surface area contributed by atoms with Crippen LogP contribution in [0.1, 0.15) is 73.4 Å². The van der Waals surface area contributed by atoms with Crippen molar-refractivity contribution in [2.45, 2.75) is 58.3 Å². The number of benzene rings is 3. The highest BCUT2D eigenvalue weighted by Gasteiger charge is 2.15. The lowest BCUT2D eigenvalue weighted by Gasteiger charge is -2.14. The van der Waals surface area contributed by atoms with Crippen LogP contribution < -0.4 is 0 Å². The molecule has 0 aliphatic carbocycles. The van der Waals surface area contributed by atoms with E-state index in [9.17, 15) is 4.79 Å². The predicted molar refractivity (Wildman–Crippen MR) is 124 cm³/mol. The molecule has 1 unspecified atom stereocenters. The molecule has 29 heavy (non-hydrogen) atoms. The zero-order valence-electron chi connectivity index (χ0n) is 17.7. The quantitative estimate of drug-likeness (QED) is 0.257. The van der Waals surface area contributed by atoms with Crippen LogP contribution in [0.3, 0.4) is 0 Å². The summed E-state index contributed by atoms with van der Waals surface area (Å²) in [5.41, 5.74) is 5.83. The predicted octanol–water partition coefficient (Wildman–Crippen LogP) is 7.85. The van der Waals surface area contributed by atoms with Crippen LogP contribution in [0.2, 0.25) is 0 Å². The van der Waals surface area contributed by atoms with Gasteiger partial charge in [0, 0.05) is 12.0 Å². The first-order chi connectivity index (χ1) is 14.2. The largest absolute Gasteiger partial charge is 0.294 e. The maximum Gasteiger partial charge on any atom is 0.163 e. The number of Topliss-reactive ketones (excluding diaryl/α,β-unsaturated/α-hetero) is 1. The van der Waals surface area contributed by atoms with Gasteiger partial charge in [0.05, 0.1) is 0 Å². The standard InChI is InChI=1S/C28H32O/c1-3-5-7-10-22-13-15-25(16-14-22)26-17-19-27(20-18-26)28(29)21-23(4-2)24-11-8-6-9-12-24/h6,8-9,11-20,23H,3-5,7,10,21H2,1-2H3. The van der Waals surface area contributed by atoms with Gasteiger partial charge in [-0.05, 0) is 47.4 Å². The van der Waals surface area contributed by atoms with Gasteiger partial charge in [0.15, 0.2) is 5.78 Å². The monoisotopic (exact) mass is 384 g/mol. The molecule has 0 amide bonds. The van der Waals surface area contributed by atoms with Crippen LogP contribution >= 0.6 is 0 Å². The highest BCUT2D eigenvalue weighted by molar-refractivity contribution is 5.97. The Morgan fingerprint density at radius 3 is 1.97 bits per heavy atom. The lowest BCUT2D eigenvalue weighted by molar-refractivity contribution is 0.0973. The highest BCUT2D eigenvalue weighted by atomic mass is 16.1. The van der Waals surface area contributed by atoms with E-state index in [0.717, 1.165) is 24.0 Å². The summed E-state index contributed by atoms with van der Waals surface area (Å²) < 4.78 is 0. The van der Waals surface area contributed by atoms with Gasteiger partial charge < -0.3 is 0 Å². The Kier molecular flexibility index (Phi) is 7.81. The van der Waals surface area contributed by atoms with Crippen LogP contribution in [-0.2, 0) is 6.42 Å². The second kappa shape index (κ2) is 10.8. The molecule has 0 saturated heterocycles. The Morgan fingerprint density at radius 1 is 0.759 bits per heavy atom. The molecule has 0 spiro atoms. The third kappa shape index (κ3) is 5.90. The van der Waals surface area contributed by atoms with Crippen molar-refractivity contribution < 1.29 is 4.79 Å². The van der Waals surface area contributed by atoms with Crippen molar-refractivity contribution in [2.75, 3.05) is 0 Å². The maximum absolute atomic E-state index is 12.8. The fourth-order valence-corrected chi connectivity index (χ4v) is 3.86. The van der Waals surface area contributed by atoms with Gasteiger partial charge >= 0.3 is 0 Å². The number of hydrogen-bond acceptors (Lipinski definition) is 1. The van der Waals surface area contributed by atoms with Gasteiger partial charge in [0.2, 0.25) is 0 Å². The van der Waals surface area contributed by atoms with Crippen LogP contribution in [0.15, 0.2) is 78.9 Å². The molecule has 3 aromatic rings. The van der Waals surface area contributed by atoms with E-state index < -0.39 is 0 Å². The minimum absolute atomic E-state index is 0.221. The minimum Gasteiger partial charge on any atom is -0.294 e.